The number of aliphatic imine (C=N–C) groups is 1. The van der Waals surface area contributed by atoms with Gasteiger partial charge in [0.25, 0.3) is 0 Å². The van der Waals surface area contributed by atoms with Gasteiger partial charge in [0.15, 0.2) is 5.96 Å². The number of guanidine groups is 1. The van der Waals surface area contributed by atoms with Crippen LogP contribution in [0, 0.1) is 0 Å². The Balaban J connectivity index is 0.00000420. The van der Waals surface area contributed by atoms with E-state index in [-0.39, 0.29) is 71.2 Å². The summed E-state index contributed by atoms with van der Waals surface area (Å²) in [6, 6.07) is 2.76. The summed E-state index contributed by atoms with van der Waals surface area (Å²) in [5.74, 6) is -0.212. The number of alkyl halides is 2. The van der Waals surface area contributed by atoms with Crippen molar-refractivity contribution in [3.8, 4) is 5.75 Å². The molecule has 1 aliphatic rings. The Hall–Kier alpha value is -1.40. The molecule has 0 atom stereocenters. The fraction of sp³-hybridized carbons (Fsp3) is 0.471. The lowest BCUT2D eigenvalue weighted by molar-refractivity contribution is -0.147. The van der Waals surface area contributed by atoms with Crippen LogP contribution < -0.4 is 15.4 Å². The summed E-state index contributed by atoms with van der Waals surface area (Å²) in [6.07, 6.45) is 1.30. The summed E-state index contributed by atoms with van der Waals surface area (Å²) >= 11 is 11.9. The first-order valence-electron chi connectivity index (χ1n) is 8.52. The molecule has 0 unspecified atom stereocenters. The van der Waals surface area contributed by atoms with Crippen molar-refractivity contribution in [1.29, 1.82) is 0 Å². The maximum Gasteiger partial charge on any atom is 0.387 e. The van der Waals surface area contributed by atoms with Crippen LogP contribution in [0.3, 0.4) is 0 Å². The number of carbonyl (C=O) groups excluding carboxylic acids is 2. The van der Waals surface area contributed by atoms with E-state index in [0.29, 0.717) is 30.8 Å². The number of hydrogen-bond acceptors (Lipinski definition) is 4. The minimum atomic E-state index is -3.03. The van der Waals surface area contributed by atoms with Crippen molar-refractivity contribution >= 4 is 65.0 Å². The number of amides is 2. The molecule has 1 aromatic carbocycles. The molecule has 12 heteroatoms. The summed E-state index contributed by atoms with van der Waals surface area (Å²) in [4.78, 5) is 28.8. The van der Waals surface area contributed by atoms with Gasteiger partial charge in [0, 0.05) is 50.1 Å². The molecule has 0 aromatic heterocycles. The predicted molar refractivity (Wildman–Crippen MR) is 117 cm³/mol. The third kappa shape index (κ3) is 7.74. The number of likely N-dealkylation sites (tertiary alicyclic amines) is 1. The second-order valence-electron chi connectivity index (χ2n) is 5.90. The minimum absolute atomic E-state index is 0. The number of piperidine rings is 1. The second kappa shape index (κ2) is 12.3. The molecule has 0 spiro atoms. The number of ether oxygens (including phenoxy) is 1. The minimum Gasteiger partial charge on any atom is -0.433 e. The molecule has 1 heterocycles. The zero-order chi connectivity index (χ0) is 20.7. The van der Waals surface area contributed by atoms with Gasteiger partial charge in [-0.05, 0) is 18.6 Å². The Morgan fingerprint density at radius 2 is 1.90 bits per heavy atom. The van der Waals surface area contributed by atoms with Crippen LogP contribution >= 0.6 is 47.2 Å². The highest BCUT2D eigenvalue weighted by Crippen LogP contribution is 2.33. The SMILES string of the molecule is CN=C(NCCN1C(=O)CCCC1=O)NCc1cc(Cl)cc(Cl)c1OC(F)F.I. The number of carbonyl (C=O) groups is 2. The van der Waals surface area contributed by atoms with Crippen molar-refractivity contribution in [2.24, 2.45) is 4.99 Å². The molecular formula is C17H21Cl2F2IN4O3. The lowest BCUT2D eigenvalue weighted by Gasteiger charge is -2.25. The molecule has 1 saturated heterocycles. The van der Waals surface area contributed by atoms with Crippen molar-refractivity contribution in [2.45, 2.75) is 32.4 Å². The number of halogens is 5. The highest BCUT2D eigenvalue weighted by molar-refractivity contribution is 14.0. The number of hydrogen-bond donors (Lipinski definition) is 2. The van der Waals surface area contributed by atoms with Gasteiger partial charge < -0.3 is 15.4 Å². The maximum absolute atomic E-state index is 12.6. The van der Waals surface area contributed by atoms with Crippen LogP contribution in [0.1, 0.15) is 24.8 Å². The van der Waals surface area contributed by atoms with Gasteiger partial charge in [0.1, 0.15) is 5.75 Å². The first-order chi connectivity index (χ1) is 13.3. The molecule has 2 N–H and O–H groups in total. The van der Waals surface area contributed by atoms with Crippen LogP contribution in [0.25, 0.3) is 0 Å². The molecule has 1 aliphatic heterocycles. The Morgan fingerprint density at radius 3 is 2.48 bits per heavy atom. The number of nitrogens with zero attached hydrogens (tertiary/aromatic N) is 2. The smallest absolute Gasteiger partial charge is 0.387 e. The van der Waals surface area contributed by atoms with Gasteiger partial charge in [-0.25, -0.2) is 0 Å². The molecule has 0 radical (unpaired) electrons. The normalized spacial score (nSPS) is 14.7. The zero-order valence-electron chi connectivity index (χ0n) is 15.5. The highest BCUT2D eigenvalue weighted by atomic mass is 127. The first kappa shape index (κ1) is 25.6. The quantitative estimate of drug-likeness (QED) is 0.229. The average Bonchev–Trinajstić information content (AvgIpc) is 2.62. The fourth-order valence-corrected chi connectivity index (χ4v) is 3.28. The van der Waals surface area contributed by atoms with Crippen molar-refractivity contribution in [2.75, 3.05) is 20.1 Å². The van der Waals surface area contributed by atoms with Gasteiger partial charge in [0.05, 0.1) is 5.02 Å². The van der Waals surface area contributed by atoms with E-state index in [0.717, 1.165) is 0 Å². The van der Waals surface area contributed by atoms with Crippen LogP contribution in [0.2, 0.25) is 10.0 Å². The highest BCUT2D eigenvalue weighted by Gasteiger charge is 2.25. The van der Waals surface area contributed by atoms with Crippen molar-refractivity contribution in [3.63, 3.8) is 0 Å². The van der Waals surface area contributed by atoms with Crippen LogP contribution in [-0.4, -0.2) is 49.4 Å². The number of benzene rings is 1. The van der Waals surface area contributed by atoms with E-state index >= 15 is 0 Å². The lowest BCUT2D eigenvalue weighted by Crippen LogP contribution is -2.46. The maximum atomic E-state index is 12.6. The molecule has 1 aromatic rings. The van der Waals surface area contributed by atoms with Gasteiger partial charge >= 0.3 is 6.61 Å². The summed E-state index contributed by atoms with van der Waals surface area (Å²) < 4.78 is 29.7. The molecule has 0 bridgehead atoms. The van der Waals surface area contributed by atoms with E-state index in [1.807, 2.05) is 0 Å². The molecule has 2 rings (SSSR count). The number of imide groups is 1. The average molecular weight is 565 g/mol. The van der Waals surface area contributed by atoms with Gasteiger partial charge in [-0.1, -0.05) is 23.2 Å². The van der Waals surface area contributed by atoms with Gasteiger partial charge in [0.2, 0.25) is 11.8 Å². The van der Waals surface area contributed by atoms with Crippen molar-refractivity contribution < 1.29 is 23.1 Å². The summed E-state index contributed by atoms with van der Waals surface area (Å²) in [7, 11) is 1.52. The second-order valence-corrected chi connectivity index (χ2v) is 6.74. The molecule has 29 heavy (non-hydrogen) atoms. The van der Waals surface area contributed by atoms with E-state index in [4.69, 9.17) is 23.2 Å². The predicted octanol–water partition coefficient (Wildman–Crippen LogP) is 3.42. The molecule has 0 saturated carbocycles. The van der Waals surface area contributed by atoms with Crippen LogP contribution in [0.5, 0.6) is 5.75 Å². The molecule has 162 valence electrons. The topological polar surface area (TPSA) is 83.0 Å². The number of rotatable bonds is 7. The third-order valence-corrected chi connectivity index (χ3v) is 4.47. The Kier molecular flexibility index (Phi) is 10.9. The standard InChI is InChI=1S/C17H20Cl2F2N4O3.HI/c1-22-17(23-5-6-25-13(26)3-2-4-14(25)27)24-9-10-7-11(18)8-12(19)15(10)28-16(20)21;/h7-8,16H,2-6,9H2,1H3,(H2,22,23,24);1H. The largest absolute Gasteiger partial charge is 0.433 e. The summed E-state index contributed by atoms with van der Waals surface area (Å²) in [6.45, 7) is -2.48. The molecule has 7 nitrogen and oxygen atoms in total. The number of nitrogens with one attached hydrogen (secondary N) is 2. The Bertz CT molecular complexity index is 752. The Labute approximate surface area is 194 Å². The first-order valence-corrected chi connectivity index (χ1v) is 9.28. The van der Waals surface area contributed by atoms with E-state index in [1.165, 1.54) is 24.1 Å². The monoisotopic (exact) mass is 564 g/mol. The summed E-state index contributed by atoms with van der Waals surface area (Å²) in [5.41, 5.74) is 0.321. The fourth-order valence-electron chi connectivity index (χ4n) is 2.70. The molecule has 1 fully saturated rings. The van der Waals surface area contributed by atoms with Crippen LogP contribution in [0.15, 0.2) is 17.1 Å². The molecule has 2 amide bonds. The Morgan fingerprint density at radius 1 is 1.24 bits per heavy atom. The lowest BCUT2D eigenvalue weighted by atomic mass is 10.1. The zero-order valence-corrected chi connectivity index (χ0v) is 19.4. The third-order valence-electron chi connectivity index (χ3n) is 3.97. The van der Waals surface area contributed by atoms with Crippen molar-refractivity contribution in [1.82, 2.24) is 15.5 Å². The van der Waals surface area contributed by atoms with E-state index in [1.54, 1.807) is 0 Å². The molecular weight excluding hydrogens is 544 g/mol. The summed E-state index contributed by atoms with van der Waals surface area (Å²) in [5, 5.41) is 6.12. The van der Waals surface area contributed by atoms with E-state index in [2.05, 4.69) is 20.4 Å². The van der Waals surface area contributed by atoms with Gasteiger partial charge in [-0.3, -0.25) is 19.5 Å². The van der Waals surface area contributed by atoms with Crippen molar-refractivity contribution in [3.05, 3.63) is 27.7 Å². The van der Waals surface area contributed by atoms with Crippen LogP contribution in [-0.2, 0) is 16.1 Å². The van der Waals surface area contributed by atoms with Gasteiger partial charge in [-0.15, -0.1) is 24.0 Å². The molecule has 0 aliphatic carbocycles. The van der Waals surface area contributed by atoms with E-state index in [9.17, 15) is 18.4 Å². The van der Waals surface area contributed by atoms with Gasteiger partial charge in [-0.2, -0.15) is 8.78 Å². The van der Waals surface area contributed by atoms with Crippen LogP contribution in [0.4, 0.5) is 8.78 Å². The van der Waals surface area contributed by atoms with E-state index < -0.39 is 6.61 Å².